The lowest BCUT2D eigenvalue weighted by Crippen LogP contribution is -2.12. The van der Waals surface area contributed by atoms with Gasteiger partial charge in [0.05, 0.1) is 21.8 Å². The molecule has 1 N–H and O–H groups in total. The lowest BCUT2D eigenvalue weighted by atomic mass is 10.3. The molecule has 1 aromatic carbocycles. The molecule has 0 spiro atoms. The third kappa shape index (κ3) is 2.89. The number of halogens is 1. The highest BCUT2D eigenvalue weighted by atomic mass is 35.5. The Morgan fingerprint density at radius 2 is 2.26 bits per heavy atom. The normalized spacial score (nSPS) is 10.2. The number of hydrogen-bond donors (Lipinski definition) is 1. The van der Waals surface area contributed by atoms with Crippen molar-refractivity contribution in [2.24, 2.45) is 0 Å². The first-order valence-electron chi connectivity index (χ1n) is 5.15. The molecular formula is C11H8ClN3O4. The van der Waals surface area contributed by atoms with Gasteiger partial charge in [-0.15, -0.1) is 0 Å². The highest BCUT2D eigenvalue weighted by molar-refractivity contribution is 6.34. The Morgan fingerprint density at radius 1 is 1.53 bits per heavy atom. The summed E-state index contributed by atoms with van der Waals surface area (Å²) in [5.74, 6) is -0.286. The van der Waals surface area contributed by atoms with Crippen molar-refractivity contribution in [3.63, 3.8) is 0 Å². The third-order valence-corrected chi connectivity index (χ3v) is 2.55. The van der Waals surface area contributed by atoms with Gasteiger partial charge in [-0.3, -0.25) is 14.9 Å². The van der Waals surface area contributed by atoms with E-state index in [2.05, 4.69) is 10.3 Å². The van der Waals surface area contributed by atoms with Crippen molar-refractivity contribution in [1.82, 2.24) is 4.98 Å². The zero-order valence-electron chi connectivity index (χ0n) is 9.71. The van der Waals surface area contributed by atoms with Crippen LogP contribution in [0.1, 0.15) is 16.4 Å². The van der Waals surface area contributed by atoms with Crippen molar-refractivity contribution in [2.75, 3.05) is 5.32 Å². The van der Waals surface area contributed by atoms with Crippen LogP contribution in [0.4, 0.5) is 11.4 Å². The second kappa shape index (κ2) is 5.07. The van der Waals surface area contributed by atoms with E-state index in [0.29, 0.717) is 5.76 Å². The molecule has 2 rings (SSSR count). The number of aromatic nitrogens is 1. The van der Waals surface area contributed by atoms with Crippen LogP contribution in [0.2, 0.25) is 5.02 Å². The second-order valence-corrected chi connectivity index (χ2v) is 4.06. The molecule has 1 aromatic heterocycles. The maximum absolute atomic E-state index is 11.8. The molecule has 0 bridgehead atoms. The highest BCUT2D eigenvalue weighted by Gasteiger charge is 2.16. The summed E-state index contributed by atoms with van der Waals surface area (Å²) in [4.78, 5) is 25.6. The Hall–Kier alpha value is -2.41. The van der Waals surface area contributed by atoms with E-state index < -0.39 is 10.8 Å². The second-order valence-electron chi connectivity index (χ2n) is 3.65. The van der Waals surface area contributed by atoms with Gasteiger partial charge in [-0.05, 0) is 13.0 Å². The Bertz CT molecular complexity index is 653. The minimum atomic E-state index is -0.629. The van der Waals surface area contributed by atoms with Crippen LogP contribution in [0.25, 0.3) is 0 Å². The fraction of sp³-hybridized carbons (Fsp3) is 0.0909. The number of non-ortho nitro benzene ring substituents is 1. The van der Waals surface area contributed by atoms with Crippen LogP contribution in [0.5, 0.6) is 0 Å². The maximum Gasteiger partial charge on any atom is 0.311 e. The lowest BCUT2D eigenvalue weighted by Gasteiger charge is -2.04. The number of amides is 1. The van der Waals surface area contributed by atoms with Gasteiger partial charge in [0.1, 0.15) is 5.76 Å². The first-order chi connectivity index (χ1) is 8.97. The van der Waals surface area contributed by atoms with Crippen molar-refractivity contribution < 1.29 is 14.1 Å². The Balaban J connectivity index is 2.25. The molecule has 0 aliphatic carbocycles. The standard InChI is InChI=1S/C11H8ClN3O4/c1-6-5-13-11(19-6)10(16)14-9-4-7(15(17)18)2-3-8(9)12/h2-5H,1H3,(H,14,16). The van der Waals surface area contributed by atoms with E-state index >= 15 is 0 Å². The summed E-state index contributed by atoms with van der Waals surface area (Å²) in [5, 5.41) is 13.2. The number of benzene rings is 1. The lowest BCUT2D eigenvalue weighted by molar-refractivity contribution is -0.384. The van der Waals surface area contributed by atoms with Crippen LogP contribution >= 0.6 is 11.6 Å². The van der Waals surface area contributed by atoms with Crippen molar-refractivity contribution >= 4 is 28.9 Å². The van der Waals surface area contributed by atoms with Gasteiger partial charge >= 0.3 is 5.91 Å². The van der Waals surface area contributed by atoms with E-state index in [0.717, 1.165) is 6.07 Å². The number of aryl methyl sites for hydroxylation is 1. The maximum atomic E-state index is 11.8. The van der Waals surface area contributed by atoms with Crippen LogP contribution < -0.4 is 5.32 Å². The van der Waals surface area contributed by atoms with E-state index in [-0.39, 0.29) is 22.3 Å². The number of nitro benzene ring substituents is 1. The van der Waals surface area contributed by atoms with Gasteiger partial charge in [0.15, 0.2) is 0 Å². The monoisotopic (exact) mass is 281 g/mol. The van der Waals surface area contributed by atoms with Gasteiger partial charge in [-0.25, -0.2) is 4.98 Å². The summed E-state index contributed by atoms with van der Waals surface area (Å²) in [6.07, 6.45) is 1.39. The summed E-state index contributed by atoms with van der Waals surface area (Å²) in [7, 11) is 0. The summed E-state index contributed by atoms with van der Waals surface area (Å²) in [6, 6.07) is 3.74. The molecule has 19 heavy (non-hydrogen) atoms. The van der Waals surface area contributed by atoms with Gasteiger partial charge in [0, 0.05) is 12.1 Å². The summed E-state index contributed by atoms with van der Waals surface area (Å²) in [5.41, 5.74) is -0.0556. The fourth-order valence-electron chi connectivity index (χ4n) is 1.36. The predicted octanol–water partition coefficient (Wildman–Crippen LogP) is 2.80. The number of carbonyl (C=O) groups is 1. The number of nitrogens with one attached hydrogen (secondary N) is 1. The van der Waals surface area contributed by atoms with Crippen LogP contribution in [-0.2, 0) is 0 Å². The summed E-state index contributed by atoms with van der Waals surface area (Å²) >= 11 is 5.85. The molecule has 0 atom stereocenters. The van der Waals surface area contributed by atoms with Gasteiger partial charge < -0.3 is 9.73 Å². The Morgan fingerprint density at radius 3 is 2.84 bits per heavy atom. The molecule has 8 heteroatoms. The van der Waals surface area contributed by atoms with Crippen molar-refractivity contribution in [3.8, 4) is 0 Å². The quantitative estimate of drug-likeness (QED) is 0.689. The van der Waals surface area contributed by atoms with Gasteiger partial charge in [0.2, 0.25) is 0 Å². The molecular weight excluding hydrogens is 274 g/mol. The number of oxazole rings is 1. The fourth-order valence-corrected chi connectivity index (χ4v) is 1.52. The molecule has 0 saturated heterocycles. The SMILES string of the molecule is Cc1cnc(C(=O)Nc2cc([N+](=O)[O-])ccc2Cl)o1. The third-order valence-electron chi connectivity index (χ3n) is 2.22. The zero-order chi connectivity index (χ0) is 14.0. The van der Waals surface area contributed by atoms with E-state index in [1.807, 2.05) is 0 Å². The molecule has 0 saturated carbocycles. The largest absolute Gasteiger partial charge is 0.438 e. The van der Waals surface area contributed by atoms with Crippen LogP contribution in [-0.4, -0.2) is 15.8 Å². The molecule has 0 fully saturated rings. The minimum Gasteiger partial charge on any atom is -0.438 e. The number of anilines is 1. The van der Waals surface area contributed by atoms with Crippen LogP contribution in [0.3, 0.4) is 0 Å². The van der Waals surface area contributed by atoms with Crippen molar-refractivity contribution in [2.45, 2.75) is 6.92 Å². The molecule has 2 aromatic rings. The zero-order valence-corrected chi connectivity index (χ0v) is 10.5. The number of carbonyl (C=O) groups excluding carboxylic acids is 1. The number of rotatable bonds is 3. The summed E-state index contributed by atoms with van der Waals surface area (Å²) in [6.45, 7) is 1.64. The minimum absolute atomic E-state index is 0.122. The van der Waals surface area contributed by atoms with E-state index in [9.17, 15) is 14.9 Å². The molecule has 0 aliphatic heterocycles. The van der Waals surface area contributed by atoms with Gasteiger partial charge in [-0.2, -0.15) is 0 Å². The van der Waals surface area contributed by atoms with Gasteiger partial charge in [0.25, 0.3) is 11.6 Å². The predicted molar refractivity (Wildman–Crippen MR) is 67.3 cm³/mol. The van der Waals surface area contributed by atoms with Gasteiger partial charge in [-0.1, -0.05) is 11.6 Å². The first-order valence-corrected chi connectivity index (χ1v) is 5.53. The van der Waals surface area contributed by atoms with Crippen molar-refractivity contribution in [3.05, 3.63) is 51.2 Å². The molecule has 1 amide bonds. The molecule has 0 radical (unpaired) electrons. The van der Waals surface area contributed by atoms with Crippen LogP contribution in [0.15, 0.2) is 28.8 Å². The first kappa shape index (κ1) is 13.0. The smallest absolute Gasteiger partial charge is 0.311 e. The molecule has 1 heterocycles. The topological polar surface area (TPSA) is 98.3 Å². The molecule has 0 aliphatic rings. The molecule has 98 valence electrons. The van der Waals surface area contributed by atoms with Crippen LogP contribution in [0, 0.1) is 17.0 Å². The number of nitrogens with zero attached hydrogens (tertiary/aromatic N) is 2. The number of nitro groups is 1. The summed E-state index contributed by atoms with van der Waals surface area (Å²) < 4.78 is 5.03. The average molecular weight is 282 g/mol. The molecule has 0 unspecified atom stereocenters. The number of hydrogen-bond acceptors (Lipinski definition) is 5. The van der Waals surface area contributed by atoms with E-state index in [4.69, 9.17) is 16.0 Å². The molecule has 7 nitrogen and oxygen atoms in total. The Kier molecular flexibility index (Phi) is 3.48. The Labute approximate surface area is 112 Å². The van der Waals surface area contributed by atoms with E-state index in [1.54, 1.807) is 6.92 Å². The van der Waals surface area contributed by atoms with E-state index in [1.165, 1.54) is 18.3 Å². The van der Waals surface area contributed by atoms with Crippen molar-refractivity contribution in [1.29, 1.82) is 0 Å². The average Bonchev–Trinajstić information content (AvgIpc) is 2.78. The highest BCUT2D eigenvalue weighted by Crippen LogP contribution is 2.27.